The summed E-state index contributed by atoms with van der Waals surface area (Å²) in [5, 5.41) is 22.2. The molecule has 0 saturated carbocycles. The monoisotopic (exact) mass is 491 g/mol. The van der Waals surface area contributed by atoms with Gasteiger partial charge in [0.05, 0.1) is 17.6 Å². The van der Waals surface area contributed by atoms with E-state index in [9.17, 15) is 37.1 Å². The summed E-state index contributed by atoms with van der Waals surface area (Å²) in [6.45, 7) is 0.849. The largest absolute Gasteiger partial charge is 0.505 e. The van der Waals surface area contributed by atoms with Gasteiger partial charge in [0.15, 0.2) is 5.75 Å². The number of hydrogen-bond acceptors (Lipinski definition) is 4. The van der Waals surface area contributed by atoms with Crippen molar-refractivity contribution in [3.63, 3.8) is 0 Å². The van der Waals surface area contributed by atoms with Gasteiger partial charge >= 0.3 is 12.1 Å². The highest BCUT2D eigenvalue weighted by Crippen LogP contribution is 2.34. The zero-order valence-corrected chi connectivity index (χ0v) is 17.9. The number of halogens is 4. The van der Waals surface area contributed by atoms with Crippen LogP contribution < -0.4 is 10.9 Å². The molecule has 0 aliphatic rings. The van der Waals surface area contributed by atoms with Gasteiger partial charge < -0.3 is 15.5 Å². The van der Waals surface area contributed by atoms with Crippen molar-refractivity contribution in [3.05, 3.63) is 81.4 Å². The lowest BCUT2D eigenvalue weighted by Gasteiger charge is -2.16. The molecule has 12 heteroatoms. The smallest absolute Gasteiger partial charge is 0.416 e. The first-order valence-corrected chi connectivity index (χ1v) is 10.1. The molecule has 2 heterocycles. The molecule has 1 atom stereocenters. The Labute approximate surface area is 193 Å². The number of aromatic hydroxyl groups is 1. The van der Waals surface area contributed by atoms with Gasteiger partial charge in [-0.15, -0.1) is 0 Å². The molecule has 2 aromatic carbocycles. The maximum Gasteiger partial charge on any atom is 0.416 e. The topological polar surface area (TPSA) is 113 Å². The fourth-order valence-corrected chi connectivity index (χ4v) is 3.68. The van der Waals surface area contributed by atoms with Crippen molar-refractivity contribution < 1.29 is 37.4 Å². The number of hydrogen-bond donors (Lipinski definition) is 3. The summed E-state index contributed by atoms with van der Waals surface area (Å²) in [7, 11) is 0. The number of aliphatic carboxylic acids is 1. The van der Waals surface area contributed by atoms with E-state index >= 15 is 0 Å². The van der Waals surface area contributed by atoms with Gasteiger partial charge in [-0.25, -0.2) is 13.6 Å². The lowest BCUT2D eigenvalue weighted by molar-refractivity contribution is -0.139. The second-order valence-corrected chi connectivity index (χ2v) is 7.86. The Kier molecular flexibility index (Phi) is 5.75. The Morgan fingerprint density at radius 2 is 1.71 bits per heavy atom. The predicted octanol–water partition coefficient (Wildman–Crippen LogP) is 3.37. The number of nitrogens with one attached hydrogen (secondary N) is 1. The first kappa shape index (κ1) is 23.8. The number of benzene rings is 2. The van der Waals surface area contributed by atoms with Crippen LogP contribution in [0.4, 0.5) is 17.6 Å². The van der Waals surface area contributed by atoms with Crippen LogP contribution in [0.25, 0.3) is 16.4 Å². The van der Waals surface area contributed by atoms with Gasteiger partial charge in [-0.1, -0.05) is 18.2 Å². The van der Waals surface area contributed by atoms with Gasteiger partial charge in [-0.05, 0) is 42.8 Å². The van der Waals surface area contributed by atoms with Crippen molar-refractivity contribution in [1.29, 1.82) is 0 Å². The van der Waals surface area contributed by atoms with Gasteiger partial charge in [0.1, 0.15) is 22.9 Å². The second-order valence-electron chi connectivity index (χ2n) is 7.86. The number of carboxylic acid groups (broad SMARTS) is 1. The normalized spacial score (nSPS) is 12.7. The van der Waals surface area contributed by atoms with E-state index in [2.05, 4.69) is 5.32 Å². The fourth-order valence-electron chi connectivity index (χ4n) is 3.68. The molecule has 1 unspecified atom stereocenters. The summed E-state index contributed by atoms with van der Waals surface area (Å²) < 4.78 is 55.4. The molecular formula is C23H17F4N3O5. The Morgan fingerprint density at radius 3 is 2.31 bits per heavy atom. The molecule has 1 amide bonds. The van der Waals surface area contributed by atoms with Crippen molar-refractivity contribution in [3.8, 4) is 5.75 Å². The number of fused-ring (bicyclic) bond motifs is 3. The first-order chi connectivity index (χ1) is 16.4. The second kappa shape index (κ2) is 8.46. The van der Waals surface area contributed by atoms with Gasteiger partial charge in [0, 0.05) is 5.39 Å². The third-order valence-corrected chi connectivity index (χ3v) is 5.47. The molecule has 8 nitrogen and oxygen atoms in total. The lowest BCUT2D eigenvalue weighted by Crippen LogP contribution is -2.42. The van der Waals surface area contributed by atoms with Crippen LogP contribution in [0.5, 0.6) is 5.75 Å². The van der Waals surface area contributed by atoms with Gasteiger partial charge in [0.2, 0.25) is 0 Å². The molecule has 0 radical (unpaired) electrons. The number of nitrogens with zero attached hydrogens (tertiary/aromatic N) is 2. The summed E-state index contributed by atoms with van der Waals surface area (Å²) in [6, 6.07) is 7.62. The van der Waals surface area contributed by atoms with Crippen LogP contribution >= 0.6 is 0 Å². The number of carbonyl (C=O) groups is 2. The molecule has 4 aromatic rings. The third-order valence-electron chi connectivity index (χ3n) is 5.47. The molecule has 3 N–H and O–H groups in total. The number of carbonyl (C=O) groups excluding carboxylic acids is 1. The molecular weight excluding hydrogens is 474 g/mol. The van der Waals surface area contributed by atoms with Crippen LogP contribution in [0, 0.1) is 5.82 Å². The van der Waals surface area contributed by atoms with E-state index in [1.54, 1.807) is 0 Å². The zero-order valence-electron chi connectivity index (χ0n) is 17.9. The molecule has 0 aliphatic heterocycles. The molecule has 0 fully saturated rings. The number of rotatable bonds is 5. The predicted molar refractivity (Wildman–Crippen MR) is 116 cm³/mol. The average Bonchev–Trinajstić information content (AvgIpc) is 3.16. The minimum absolute atomic E-state index is 0.0739. The number of carboxylic acids is 1. The molecule has 0 saturated heterocycles. The Bertz CT molecular complexity index is 1540. The first-order valence-electron chi connectivity index (χ1n) is 10.1. The van der Waals surface area contributed by atoms with Crippen molar-refractivity contribution in [2.24, 2.45) is 0 Å². The minimum atomic E-state index is -4.69. The summed E-state index contributed by atoms with van der Waals surface area (Å²) in [5.41, 5.74) is -2.73. The summed E-state index contributed by atoms with van der Waals surface area (Å²) >= 11 is 0. The van der Waals surface area contributed by atoms with Gasteiger partial charge in [0.25, 0.3) is 11.5 Å². The maximum absolute atomic E-state index is 13.4. The standard InChI is InChI=1S/C23H17F4N3O5/c1-11(22(34)35)28-20(32)18-19(31)17-8-13-4-5-14(23(25,26)27)9-16(13)30(17)29(21(18)33)10-12-2-6-15(24)7-3-12/h2-9,11,31H,10H2,1H3,(H,28,32)(H,34,35). The summed E-state index contributed by atoms with van der Waals surface area (Å²) in [6.07, 6.45) is -4.69. The molecule has 4 rings (SSSR count). The average molecular weight is 491 g/mol. The van der Waals surface area contributed by atoms with E-state index in [0.29, 0.717) is 5.56 Å². The van der Waals surface area contributed by atoms with E-state index in [0.717, 1.165) is 46.5 Å². The zero-order chi connectivity index (χ0) is 25.7. The van der Waals surface area contributed by atoms with Crippen molar-refractivity contribution >= 4 is 28.3 Å². The highest BCUT2D eigenvalue weighted by atomic mass is 19.4. The Balaban J connectivity index is 2.03. The van der Waals surface area contributed by atoms with Crippen molar-refractivity contribution in [2.75, 3.05) is 0 Å². The maximum atomic E-state index is 13.4. The van der Waals surface area contributed by atoms with E-state index in [1.165, 1.54) is 18.2 Å². The number of aromatic nitrogens is 2. The van der Waals surface area contributed by atoms with Crippen molar-refractivity contribution in [1.82, 2.24) is 14.5 Å². The highest BCUT2D eigenvalue weighted by molar-refractivity contribution is 6.02. The summed E-state index contributed by atoms with van der Waals surface area (Å²) in [5.74, 6) is -3.95. The Hall–Kier alpha value is -4.35. The molecule has 0 bridgehead atoms. The molecule has 0 spiro atoms. The third kappa shape index (κ3) is 4.29. The number of amides is 1. The van der Waals surface area contributed by atoms with E-state index in [-0.39, 0.29) is 23.0 Å². The van der Waals surface area contributed by atoms with Crippen molar-refractivity contribution in [2.45, 2.75) is 25.7 Å². The Morgan fingerprint density at radius 1 is 1.06 bits per heavy atom. The fraction of sp³-hybridized carbons (Fsp3) is 0.174. The molecule has 35 heavy (non-hydrogen) atoms. The highest BCUT2D eigenvalue weighted by Gasteiger charge is 2.32. The van der Waals surface area contributed by atoms with Crippen LogP contribution in [-0.2, 0) is 17.5 Å². The van der Waals surface area contributed by atoms with E-state index in [4.69, 9.17) is 5.11 Å². The number of alkyl halides is 3. The van der Waals surface area contributed by atoms with Gasteiger partial charge in [-0.2, -0.15) is 13.2 Å². The van der Waals surface area contributed by atoms with Crippen LogP contribution in [0.3, 0.4) is 0 Å². The van der Waals surface area contributed by atoms with Gasteiger partial charge in [-0.3, -0.25) is 14.4 Å². The van der Waals surface area contributed by atoms with Crippen LogP contribution in [0.15, 0.2) is 53.3 Å². The quantitative estimate of drug-likeness (QED) is 0.371. The lowest BCUT2D eigenvalue weighted by atomic mass is 10.1. The summed E-state index contributed by atoms with van der Waals surface area (Å²) in [4.78, 5) is 37.2. The molecule has 2 aromatic heterocycles. The van der Waals surface area contributed by atoms with Crippen LogP contribution in [0.1, 0.15) is 28.4 Å². The minimum Gasteiger partial charge on any atom is -0.505 e. The van der Waals surface area contributed by atoms with Crippen LogP contribution in [-0.4, -0.2) is 37.3 Å². The van der Waals surface area contributed by atoms with E-state index in [1.807, 2.05) is 0 Å². The van der Waals surface area contributed by atoms with Crippen LogP contribution in [0.2, 0.25) is 0 Å². The molecule has 182 valence electrons. The molecule has 0 aliphatic carbocycles. The van der Waals surface area contributed by atoms with E-state index < -0.39 is 52.3 Å². The SMILES string of the molecule is CC(NC(=O)c1c(O)c2cc3ccc(C(F)(F)F)cc3n2n(Cc2ccc(F)cc2)c1=O)C(=O)O.